The molecule has 2 rings (SSSR count). The summed E-state index contributed by atoms with van der Waals surface area (Å²) in [6.45, 7) is 0.166. The highest BCUT2D eigenvalue weighted by atomic mass is 19.1. The third-order valence-electron chi connectivity index (χ3n) is 3.25. The van der Waals surface area contributed by atoms with E-state index >= 15 is 0 Å². The van der Waals surface area contributed by atoms with Gasteiger partial charge in [0.05, 0.1) is 13.0 Å². The number of hydrogen-bond donors (Lipinski definition) is 2. The molecule has 0 saturated heterocycles. The van der Waals surface area contributed by atoms with E-state index in [1.54, 1.807) is 4.90 Å². The molecular weight excluding hydrogens is 282 g/mol. The molecule has 0 aliphatic heterocycles. The summed E-state index contributed by atoms with van der Waals surface area (Å²) in [7, 11) is 0. The number of nitrogens with one attached hydrogen (secondary N) is 1. The molecule has 0 spiro atoms. The summed E-state index contributed by atoms with van der Waals surface area (Å²) in [5, 5.41) is 10.9. The number of carbonyl (C=O) groups excluding carboxylic acids is 1. The van der Waals surface area contributed by atoms with E-state index in [0.29, 0.717) is 0 Å². The van der Waals surface area contributed by atoms with E-state index < -0.39 is 29.2 Å². The smallest absolute Gasteiger partial charge is 0.304 e. The summed E-state index contributed by atoms with van der Waals surface area (Å²) in [6.07, 6.45) is 1.74. The first kappa shape index (κ1) is 15.4. The van der Waals surface area contributed by atoms with E-state index in [4.69, 9.17) is 5.11 Å². The SMILES string of the molecule is O=C(O)CCN(CC(=O)Nc1c(F)cccc1F)C1CC1. The van der Waals surface area contributed by atoms with Crippen molar-refractivity contribution in [1.29, 1.82) is 0 Å². The zero-order chi connectivity index (χ0) is 15.4. The molecule has 1 aromatic rings. The lowest BCUT2D eigenvalue weighted by Gasteiger charge is -2.20. The number of halogens is 2. The Bertz CT molecular complexity index is 527. The Morgan fingerprint density at radius 2 is 1.90 bits per heavy atom. The van der Waals surface area contributed by atoms with Gasteiger partial charge in [0.15, 0.2) is 0 Å². The van der Waals surface area contributed by atoms with Gasteiger partial charge in [-0.2, -0.15) is 0 Å². The van der Waals surface area contributed by atoms with Crippen LogP contribution in [-0.2, 0) is 9.59 Å². The fraction of sp³-hybridized carbons (Fsp3) is 0.429. The zero-order valence-electron chi connectivity index (χ0n) is 11.3. The number of carboxylic acids is 1. The van der Waals surface area contributed by atoms with Crippen LogP contribution >= 0.6 is 0 Å². The molecular formula is C14H16F2N2O3. The number of carbonyl (C=O) groups is 2. The van der Waals surface area contributed by atoms with Gasteiger partial charge in [0, 0.05) is 12.6 Å². The van der Waals surface area contributed by atoms with E-state index in [9.17, 15) is 18.4 Å². The molecule has 0 heterocycles. The van der Waals surface area contributed by atoms with Crippen LogP contribution in [0.2, 0.25) is 0 Å². The van der Waals surface area contributed by atoms with Crippen molar-refractivity contribution in [3.63, 3.8) is 0 Å². The van der Waals surface area contributed by atoms with Crippen LogP contribution in [0.25, 0.3) is 0 Å². The highest BCUT2D eigenvalue weighted by Crippen LogP contribution is 2.27. The van der Waals surface area contributed by atoms with Crippen LogP contribution in [0.4, 0.5) is 14.5 Å². The molecule has 7 heteroatoms. The molecule has 1 aliphatic rings. The standard InChI is InChI=1S/C14H16F2N2O3/c15-10-2-1-3-11(16)14(10)17-12(19)8-18(9-4-5-9)7-6-13(20)21/h1-3,9H,4-8H2,(H,17,19)(H,20,21). The molecule has 0 unspecified atom stereocenters. The second kappa shape index (κ2) is 6.62. The summed E-state index contributed by atoms with van der Waals surface area (Å²) in [5.41, 5.74) is -0.475. The van der Waals surface area contributed by atoms with Crippen LogP contribution in [-0.4, -0.2) is 41.0 Å². The minimum Gasteiger partial charge on any atom is -0.481 e. The Morgan fingerprint density at radius 1 is 1.29 bits per heavy atom. The van der Waals surface area contributed by atoms with Crippen molar-refractivity contribution in [2.45, 2.75) is 25.3 Å². The second-order valence-electron chi connectivity index (χ2n) is 4.99. The first-order valence-electron chi connectivity index (χ1n) is 6.67. The Labute approximate surface area is 120 Å². The van der Waals surface area contributed by atoms with Gasteiger partial charge in [-0.3, -0.25) is 14.5 Å². The van der Waals surface area contributed by atoms with Crippen molar-refractivity contribution in [3.8, 4) is 0 Å². The average Bonchev–Trinajstić information content (AvgIpc) is 3.23. The highest BCUT2D eigenvalue weighted by molar-refractivity contribution is 5.92. The van der Waals surface area contributed by atoms with E-state index in [1.165, 1.54) is 6.07 Å². The third-order valence-corrected chi connectivity index (χ3v) is 3.25. The maximum atomic E-state index is 13.4. The second-order valence-corrected chi connectivity index (χ2v) is 4.99. The molecule has 1 aromatic carbocycles. The summed E-state index contributed by atoms with van der Waals surface area (Å²) < 4.78 is 26.9. The molecule has 0 atom stereocenters. The number of benzene rings is 1. The maximum Gasteiger partial charge on any atom is 0.304 e. The number of carboxylic acid groups (broad SMARTS) is 1. The first-order valence-corrected chi connectivity index (χ1v) is 6.67. The minimum atomic E-state index is -0.943. The van der Waals surface area contributed by atoms with Gasteiger partial charge in [0.1, 0.15) is 17.3 Å². The van der Waals surface area contributed by atoms with E-state index in [2.05, 4.69) is 5.32 Å². The monoisotopic (exact) mass is 298 g/mol. The van der Waals surface area contributed by atoms with Crippen LogP contribution in [0.15, 0.2) is 18.2 Å². The van der Waals surface area contributed by atoms with Gasteiger partial charge in [0.25, 0.3) is 0 Å². The van der Waals surface area contributed by atoms with Crippen molar-refractivity contribution < 1.29 is 23.5 Å². The number of amides is 1. The van der Waals surface area contributed by atoms with E-state index in [1.807, 2.05) is 0 Å². The average molecular weight is 298 g/mol. The summed E-state index contributed by atoms with van der Waals surface area (Å²) in [5.74, 6) is -3.18. The minimum absolute atomic E-state index is 0.0716. The fourth-order valence-corrected chi connectivity index (χ4v) is 2.05. The number of aliphatic carboxylic acids is 1. The molecule has 1 amide bonds. The predicted molar refractivity (Wildman–Crippen MR) is 71.8 cm³/mol. The summed E-state index contributed by atoms with van der Waals surface area (Å²) in [4.78, 5) is 24.2. The molecule has 114 valence electrons. The number of para-hydroxylation sites is 1. The molecule has 5 nitrogen and oxygen atoms in total. The van der Waals surface area contributed by atoms with Crippen LogP contribution < -0.4 is 5.32 Å². The quantitative estimate of drug-likeness (QED) is 0.806. The van der Waals surface area contributed by atoms with Gasteiger partial charge in [0.2, 0.25) is 5.91 Å². The lowest BCUT2D eigenvalue weighted by atomic mass is 10.3. The van der Waals surface area contributed by atoms with Gasteiger partial charge < -0.3 is 10.4 Å². The van der Waals surface area contributed by atoms with Crippen LogP contribution in [0.5, 0.6) is 0 Å². The number of anilines is 1. The van der Waals surface area contributed by atoms with Crippen molar-refractivity contribution in [2.24, 2.45) is 0 Å². The third kappa shape index (κ3) is 4.49. The molecule has 21 heavy (non-hydrogen) atoms. The lowest BCUT2D eigenvalue weighted by molar-refractivity contribution is -0.137. The molecule has 1 saturated carbocycles. The highest BCUT2D eigenvalue weighted by Gasteiger charge is 2.30. The Morgan fingerprint density at radius 3 is 2.43 bits per heavy atom. The topological polar surface area (TPSA) is 69.6 Å². The van der Waals surface area contributed by atoms with Crippen LogP contribution in [0.1, 0.15) is 19.3 Å². The summed E-state index contributed by atoms with van der Waals surface area (Å²) >= 11 is 0. The molecule has 0 bridgehead atoms. The Hall–Kier alpha value is -2.02. The molecule has 1 fully saturated rings. The molecule has 1 aliphatic carbocycles. The number of hydrogen-bond acceptors (Lipinski definition) is 3. The maximum absolute atomic E-state index is 13.4. The number of nitrogens with zero attached hydrogens (tertiary/aromatic N) is 1. The van der Waals surface area contributed by atoms with Crippen LogP contribution in [0.3, 0.4) is 0 Å². The summed E-state index contributed by atoms with van der Waals surface area (Å²) in [6, 6.07) is 3.51. The fourth-order valence-electron chi connectivity index (χ4n) is 2.05. The zero-order valence-corrected chi connectivity index (χ0v) is 11.3. The lowest BCUT2D eigenvalue weighted by Crippen LogP contribution is -2.36. The normalized spacial score (nSPS) is 14.2. The molecule has 2 N–H and O–H groups in total. The van der Waals surface area contributed by atoms with Crippen molar-refractivity contribution >= 4 is 17.6 Å². The Balaban J connectivity index is 1.94. The molecule has 0 aromatic heterocycles. The van der Waals surface area contributed by atoms with Gasteiger partial charge in [-0.05, 0) is 25.0 Å². The van der Waals surface area contributed by atoms with Crippen molar-refractivity contribution in [3.05, 3.63) is 29.8 Å². The number of rotatable bonds is 7. The van der Waals surface area contributed by atoms with Crippen molar-refractivity contribution in [1.82, 2.24) is 4.90 Å². The van der Waals surface area contributed by atoms with Gasteiger partial charge >= 0.3 is 5.97 Å². The predicted octanol–water partition coefficient (Wildman–Crippen LogP) is 1.84. The van der Waals surface area contributed by atoms with E-state index in [-0.39, 0.29) is 25.6 Å². The van der Waals surface area contributed by atoms with Crippen molar-refractivity contribution in [2.75, 3.05) is 18.4 Å². The Kier molecular flexibility index (Phi) is 4.85. The largest absolute Gasteiger partial charge is 0.481 e. The first-order chi connectivity index (χ1) is 9.97. The molecule has 0 radical (unpaired) electrons. The van der Waals surface area contributed by atoms with Gasteiger partial charge in [-0.25, -0.2) is 8.78 Å². The van der Waals surface area contributed by atoms with Gasteiger partial charge in [-0.15, -0.1) is 0 Å². The van der Waals surface area contributed by atoms with E-state index in [0.717, 1.165) is 25.0 Å². The van der Waals surface area contributed by atoms with Crippen LogP contribution in [0, 0.1) is 11.6 Å². The van der Waals surface area contributed by atoms with Gasteiger partial charge in [-0.1, -0.05) is 6.07 Å².